The Morgan fingerprint density at radius 3 is 1.76 bits per heavy atom. The molecule has 0 spiro atoms. The summed E-state index contributed by atoms with van der Waals surface area (Å²) in [5, 5.41) is 33.6. The number of hydrogen-bond donors (Lipinski definition) is 6. The molecular weight excluding hydrogens is 446 g/mol. The molecule has 0 fully saturated rings. The second kappa shape index (κ2) is 12.7. The fourth-order valence-corrected chi connectivity index (χ4v) is 3.56. The van der Waals surface area contributed by atoms with Gasteiger partial charge in [-0.15, -0.1) is 0 Å². The van der Waals surface area contributed by atoms with E-state index in [1.165, 1.54) is 24.3 Å². The van der Waals surface area contributed by atoms with Crippen LogP contribution in [0, 0.1) is 0 Å². The number of nitrogens with one attached hydrogen (secondary N) is 2. The van der Waals surface area contributed by atoms with Gasteiger partial charge >= 0.3 is 5.97 Å². The van der Waals surface area contributed by atoms with Gasteiger partial charge in [0.15, 0.2) is 0 Å². The summed E-state index contributed by atoms with van der Waals surface area (Å²) < 4.78 is 0. The molecule has 33 heavy (non-hydrogen) atoms. The van der Waals surface area contributed by atoms with Crippen molar-refractivity contribution in [2.75, 3.05) is 12.0 Å². The quantitative estimate of drug-likeness (QED) is 0.265. The minimum Gasteiger partial charge on any atom is -0.508 e. The highest BCUT2D eigenvalue weighted by atomic mass is 32.2. The molecule has 10 heteroatoms. The molecule has 178 valence electrons. The highest BCUT2D eigenvalue weighted by Crippen LogP contribution is 2.14. The number of carbonyl (C=O) groups excluding carboxylic acids is 2. The third kappa shape index (κ3) is 8.66. The Morgan fingerprint density at radius 1 is 0.848 bits per heavy atom. The van der Waals surface area contributed by atoms with E-state index >= 15 is 0 Å². The highest BCUT2D eigenvalue weighted by Gasteiger charge is 2.28. The molecule has 0 saturated heterocycles. The molecule has 2 aromatic rings. The van der Waals surface area contributed by atoms with E-state index in [-0.39, 0.29) is 24.3 Å². The first-order valence-corrected chi connectivity index (χ1v) is 11.7. The van der Waals surface area contributed by atoms with Crippen molar-refractivity contribution >= 4 is 29.5 Å². The lowest BCUT2D eigenvalue weighted by Gasteiger charge is -2.23. The Morgan fingerprint density at radius 2 is 1.30 bits per heavy atom. The van der Waals surface area contributed by atoms with Crippen LogP contribution >= 0.6 is 11.8 Å². The topological polar surface area (TPSA) is 162 Å². The molecule has 0 heterocycles. The first-order chi connectivity index (χ1) is 15.7. The lowest BCUT2D eigenvalue weighted by Crippen LogP contribution is -2.55. The van der Waals surface area contributed by atoms with E-state index in [9.17, 15) is 29.7 Å². The maximum atomic E-state index is 13.0. The molecule has 7 N–H and O–H groups in total. The van der Waals surface area contributed by atoms with Gasteiger partial charge in [0.05, 0.1) is 6.04 Å². The van der Waals surface area contributed by atoms with Crippen molar-refractivity contribution in [2.24, 2.45) is 5.73 Å². The van der Waals surface area contributed by atoms with Crippen LogP contribution < -0.4 is 16.4 Å². The number of aliphatic carboxylic acids is 1. The maximum Gasteiger partial charge on any atom is 0.326 e. The molecule has 2 amide bonds. The van der Waals surface area contributed by atoms with Crippen LogP contribution in [0.2, 0.25) is 0 Å². The number of rotatable bonds is 12. The molecule has 0 aromatic heterocycles. The Hall–Kier alpha value is -3.24. The number of hydrogen-bond acceptors (Lipinski definition) is 7. The van der Waals surface area contributed by atoms with E-state index in [1.54, 1.807) is 36.0 Å². The third-order valence-corrected chi connectivity index (χ3v) is 5.61. The fraction of sp³-hybridized carbons (Fsp3) is 0.348. The van der Waals surface area contributed by atoms with E-state index in [1.807, 2.05) is 6.26 Å². The molecule has 3 atom stereocenters. The largest absolute Gasteiger partial charge is 0.508 e. The molecule has 0 saturated carbocycles. The van der Waals surface area contributed by atoms with E-state index < -0.39 is 35.9 Å². The van der Waals surface area contributed by atoms with Crippen LogP contribution in [0.1, 0.15) is 17.5 Å². The molecule has 2 rings (SSSR count). The van der Waals surface area contributed by atoms with Gasteiger partial charge in [0.25, 0.3) is 0 Å². The van der Waals surface area contributed by atoms with Crippen molar-refractivity contribution < 1.29 is 29.7 Å². The van der Waals surface area contributed by atoms with E-state index in [0.717, 1.165) is 0 Å². The number of benzene rings is 2. The second-order valence-electron chi connectivity index (χ2n) is 7.59. The average Bonchev–Trinajstić information content (AvgIpc) is 2.79. The summed E-state index contributed by atoms with van der Waals surface area (Å²) in [5.41, 5.74) is 7.20. The Bertz CT molecular complexity index is 936. The number of carboxylic acids is 1. The summed E-state index contributed by atoms with van der Waals surface area (Å²) >= 11 is 1.55. The number of carboxylic acid groups (broad SMARTS) is 1. The minimum absolute atomic E-state index is 0.00549. The van der Waals surface area contributed by atoms with Gasteiger partial charge in [-0.2, -0.15) is 11.8 Å². The first kappa shape index (κ1) is 26.0. The van der Waals surface area contributed by atoms with Crippen LogP contribution in [-0.2, 0) is 27.2 Å². The van der Waals surface area contributed by atoms with Crippen LogP contribution in [0.3, 0.4) is 0 Å². The van der Waals surface area contributed by atoms with E-state index in [0.29, 0.717) is 23.3 Å². The number of carbonyl (C=O) groups is 3. The van der Waals surface area contributed by atoms with Crippen molar-refractivity contribution in [1.82, 2.24) is 10.6 Å². The van der Waals surface area contributed by atoms with Crippen LogP contribution in [0.5, 0.6) is 11.5 Å². The maximum absolute atomic E-state index is 13.0. The summed E-state index contributed by atoms with van der Waals surface area (Å²) in [6.07, 6.45) is 2.40. The molecule has 0 bridgehead atoms. The number of thioether (sulfide) groups is 1. The summed E-state index contributed by atoms with van der Waals surface area (Å²) in [6.45, 7) is 0. The van der Waals surface area contributed by atoms with Crippen molar-refractivity contribution in [3.05, 3.63) is 59.7 Å². The Kier molecular flexibility index (Phi) is 10.0. The molecule has 0 aliphatic carbocycles. The predicted molar refractivity (Wildman–Crippen MR) is 126 cm³/mol. The number of nitrogens with two attached hydrogens (primary N) is 1. The SMILES string of the molecule is CSCC[C@H](N)C(=O)N[C@@H](Cc1ccc(O)cc1)C(=O)N[C@@H](Cc1ccc(O)cc1)C(=O)O. The summed E-state index contributed by atoms with van der Waals surface area (Å²) in [6, 6.07) is 9.02. The van der Waals surface area contributed by atoms with Crippen LogP contribution in [0.25, 0.3) is 0 Å². The van der Waals surface area contributed by atoms with Gasteiger partial charge in [-0.3, -0.25) is 9.59 Å². The van der Waals surface area contributed by atoms with Crippen molar-refractivity contribution in [3.63, 3.8) is 0 Å². The lowest BCUT2D eigenvalue weighted by molar-refractivity contribution is -0.142. The molecule has 0 radical (unpaired) electrons. The van der Waals surface area contributed by atoms with Gasteiger partial charge < -0.3 is 31.7 Å². The van der Waals surface area contributed by atoms with E-state index in [2.05, 4.69) is 10.6 Å². The zero-order valence-corrected chi connectivity index (χ0v) is 19.0. The van der Waals surface area contributed by atoms with Crippen molar-refractivity contribution in [1.29, 1.82) is 0 Å². The second-order valence-corrected chi connectivity index (χ2v) is 8.58. The average molecular weight is 476 g/mol. The smallest absolute Gasteiger partial charge is 0.326 e. The Labute approximate surface area is 196 Å². The van der Waals surface area contributed by atoms with Gasteiger partial charge in [0.2, 0.25) is 11.8 Å². The standard InChI is InChI=1S/C23H29N3O6S/c1-33-11-10-18(24)21(29)25-19(12-14-2-6-16(27)7-3-14)22(30)26-20(23(31)32)13-15-4-8-17(28)9-5-15/h2-9,18-20,27-28H,10-13,24H2,1H3,(H,25,29)(H,26,30)(H,31,32)/t18-,19-,20-/m0/s1. The zero-order valence-electron chi connectivity index (χ0n) is 18.2. The van der Waals surface area contributed by atoms with Gasteiger partial charge in [-0.05, 0) is 53.8 Å². The monoisotopic (exact) mass is 475 g/mol. The zero-order chi connectivity index (χ0) is 24.4. The highest BCUT2D eigenvalue weighted by molar-refractivity contribution is 7.98. The van der Waals surface area contributed by atoms with Crippen LogP contribution in [0.4, 0.5) is 0 Å². The molecule has 0 aliphatic rings. The summed E-state index contributed by atoms with van der Waals surface area (Å²) in [4.78, 5) is 37.3. The first-order valence-electron chi connectivity index (χ1n) is 10.3. The molecule has 0 unspecified atom stereocenters. The normalized spacial score (nSPS) is 13.5. The van der Waals surface area contributed by atoms with Crippen LogP contribution in [-0.4, -0.2) is 63.2 Å². The molecule has 9 nitrogen and oxygen atoms in total. The fourth-order valence-electron chi connectivity index (χ4n) is 3.07. The number of phenols is 2. The lowest BCUT2D eigenvalue weighted by atomic mass is 10.0. The Balaban J connectivity index is 2.16. The molecule has 0 aliphatic heterocycles. The predicted octanol–water partition coefficient (Wildman–Crippen LogP) is 1.02. The van der Waals surface area contributed by atoms with Gasteiger partial charge in [0.1, 0.15) is 23.6 Å². The van der Waals surface area contributed by atoms with Crippen LogP contribution in [0.15, 0.2) is 48.5 Å². The minimum atomic E-state index is -1.24. The van der Waals surface area contributed by atoms with Gasteiger partial charge in [-0.25, -0.2) is 4.79 Å². The summed E-state index contributed by atoms with van der Waals surface area (Å²) in [7, 11) is 0. The summed E-state index contributed by atoms with van der Waals surface area (Å²) in [5.74, 6) is -1.63. The third-order valence-electron chi connectivity index (χ3n) is 4.97. The number of phenolic OH excluding ortho intramolecular Hbond substituents is 2. The van der Waals surface area contributed by atoms with E-state index in [4.69, 9.17) is 5.73 Å². The van der Waals surface area contributed by atoms with Crippen molar-refractivity contribution in [2.45, 2.75) is 37.4 Å². The van der Waals surface area contributed by atoms with Gasteiger partial charge in [0, 0.05) is 12.8 Å². The number of aromatic hydroxyl groups is 2. The van der Waals surface area contributed by atoms with Gasteiger partial charge in [-0.1, -0.05) is 24.3 Å². The molecule has 2 aromatic carbocycles. The number of amides is 2. The molecular formula is C23H29N3O6S. The van der Waals surface area contributed by atoms with Crippen molar-refractivity contribution in [3.8, 4) is 11.5 Å².